The molecule has 0 saturated heterocycles. The van der Waals surface area contributed by atoms with Crippen molar-refractivity contribution in [2.75, 3.05) is 14.2 Å². The van der Waals surface area contributed by atoms with Gasteiger partial charge >= 0.3 is 5.97 Å². The summed E-state index contributed by atoms with van der Waals surface area (Å²) in [5.41, 5.74) is 0. The highest BCUT2D eigenvalue weighted by Gasteiger charge is 2.20. The van der Waals surface area contributed by atoms with E-state index in [0.717, 1.165) is 0 Å². The van der Waals surface area contributed by atoms with Gasteiger partial charge < -0.3 is 19.7 Å². The first-order valence-electron chi connectivity index (χ1n) is 3.07. The lowest BCUT2D eigenvalue weighted by Gasteiger charge is -2.17. The smallest absolute Gasteiger partial charge is 0.306 e. The lowest BCUT2D eigenvalue weighted by molar-refractivity contribution is -0.173. The van der Waals surface area contributed by atoms with Crippen LogP contribution in [0.5, 0.6) is 0 Å². The van der Waals surface area contributed by atoms with Crippen LogP contribution in [0.1, 0.15) is 6.42 Å². The van der Waals surface area contributed by atoms with Gasteiger partial charge in [0, 0.05) is 14.2 Å². The number of aliphatic carboxylic acids is 1. The molecule has 66 valence electrons. The largest absolute Gasteiger partial charge is 0.481 e. The second kappa shape index (κ2) is 5.06. The minimum absolute atomic E-state index is 0.383. The molecular formula is C6H12O5. The summed E-state index contributed by atoms with van der Waals surface area (Å²) in [6.07, 6.45) is -2.37. The van der Waals surface area contributed by atoms with Crippen molar-refractivity contribution in [3.8, 4) is 0 Å². The van der Waals surface area contributed by atoms with Crippen LogP contribution in [0, 0.1) is 0 Å². The Morgan fingerprint density at radius 2 is 1.91 bits per heavy atom. The van der Waals surface area contributed by atoms with Crippen molar-refractivity contribution in [1.82, 2.24) is 0 Å². The van der Waals surface area contributed by atoms with Gasteiger partial charge in [-0.3, -0.25) is 4.79 Å². The standard InChI is InChI=1S/C6H12O5/c1-10-6(11-2)4(7)3-5(8)9/h4,6-7H,3H2,1-2H3,(H,8,9)/t4-/m1/s1. The van der Waals surface area contributed by atoms with Gasteiger partial charge in [-0.1, -0.05) is 0 Å². The highest BCUT2D eigenvalue weighted by atomic mass is 16.7. The molecule has 2 N–H and O–H groups in total. The third kappa shape index (κ3) is 3.92. The van der Waals surface area contributed by atoms with Gasteiger partial charge in [0.15, 0.2) is 6.29 Å². The van der Waals surface area contributed by atoms with E-state index in [9.17, 15) is 4.79 Å². The number of carboxylic acids is 1. The highest BCUT2D eigenvalue weighted by molar-refractivity contribution is 5.67. The Kier molecular flexibility index (Phi) is 4.76. The monoisotopic (exact) mass is 164 g/mol. The van der Waals surface area contributed by atoms with Crippen LogP contribution in [0.25, 0.3) is 0 Å². The Balaban J connectivity index is 3.78. The molecule has 0 spiro atoms. The number of aliphatic hydroxyl groups excluding tert-OH is 1. The average Bonchev–Trinajstić information content (AvgIpc) is 1.88. The van der Waals surface area contributed by atoms with E-state index in [0.29, 0.717) is 0 Å². The summed E-state index contributed by atoms with van der Waals surface area (Å²) in [5.74, 6) is -1.09. The molecule has 0 aromatic carbocycles. The lowest BCUT2D eigenvalue weighted by Crippen LogP contribution is -2.31. The summed E-state index contributed by atoms with van der Waals surface area (Å²) in [5, 5.41) is 17.3. The summed E-state index contributed by atoms with van der Waals surface area (Å²) < 4.78 is 9.25. The Labute approximate surface area is 64.5 Å². The molecular weight excluding hydrogens is 152 g/mol. The van der Waals surface area contributed by atoms with Gasteiger partial charge in [-0.15, -0.1) is 0 Å². The summed E-state index contributed by atoms with van der Waals surface area (Å²) in [4.78, 5) is 10.1. The number of carboxylic acid groups (broad SMARTS) is 1. The summed E-state index contributed by atoms with van der Waals surface area (Å²) >= 11 is 0. The first kappa shape index (κ1) is 10.3. The molecule has 0 bridgehead atoms. The molecule has 1 atom stereocenters. The van der Waals surface area contributed by atoms with Gasteiger partial charge in [-0.25, -0.2) is 0 Å². The Morgan fingerprint density at radius 1 is 1.45 bits per heavy atom. The zero-order chi connectivity index (χ0) is 8.85. The molecule has 0 aromatic heterocycles. The van der Waals surface area contributed by atoms with Crippen LogP contribution >= 0.6 is 0 Å². The second-order valence-corrected chi connectivity index (χ2v) is 2.01. The van der Waals surface area contributed by atoms with Gasteiger partial charge in [0.2, 0.25) is 0 Å². The Morgan fingerprint density at radius 3 is 2.18 bits per heavy atom. The molecule has 5 heteroatoms. The van der Waals surface area contributed by atoms with E-state index in [1.54, 1.807) is 0 Å². The maximum Gasteiger partial charge on any atom is 0.306 e. The Bertz CT molecular complexity index is 120. The molecule has 0 saturated carbocycles. The van der Waals surface area contributed by atoms with Crippen LogP contribution in [0.3, 0.4) is 0 Å². The third-order valence-corrected chi connectivity index (χ3v) is 1.16. The van der Waals surface area contributed by atoms with Crippen LogP contribution in [0.4, 0.5) is 0 Å². The van der Waals surface area contributed by atoms with E-state index in [2.05, 4.69) is 9.47 Å². The first-order chi connectivity index (χ1) is 5.11. The molecule has 0 amide bonds. The molecule has 0 aliphatic carbocycles. The van der Waals surface area contributed by atoms with Gasteiger partial charge in [-0.05, 0) is 0 Å². The highest BCUT2D eigenvalue weighted by Crippen LogP contribution is 2.02. The second-order valence-electron chi connectivity index (χ2n) is 2.01. The first-order valence-corrected chi connectivity index (χ1v) is 3.07. The molecule has 11 heavy (non-hydrogen) atoms. The zero-order valence-electron chi connectivity index (χ0n) is 6.48. The number of aliphatic hydroxyl groups is 1. The quantitative estimate of drug-likeness (QED) is 0.533. The van der Waals surface area contributed by atoms with Gasteiger partial charge in [0.05, 0.1) is 6.42 Å². The van der Waals surface area contributed by atoms with Crippen molar-refractivity contribution >= 4 is 5.97 Å². The SMILES string of the molecule is COC(OC)[C@H](O)CC(=O)O. The van der Waals surface area contributed by atoms with Crippen LogP contribution in [-0.4, -0.2) is 42.8 Å². The molecule has 0 fully saturated rings. The average molecular weight is 164 g/mol. The van der Waals surface area contributed by atoms with Gasteiger partial charge in [0.25, 0.3) is 0 Å². The molecule has 0 heterocycles. The van der Waals surface area contributed by atoms with Gasteiger partial charge in [0.1, 0.15) is 6.10 Å². The fourth-order valence-corrected chi connectivity index (χ4v) is 0.686. The number of carbonyl (C=O) groups is 1. The molecule has 5 nitrogen and oxygen atoms in total. The van der Waals surface area contributed by atoms with Crippen molar-refractivity contribution in [1.29, 1.82) is 0 Å². The van der Waals surface area contributed by atoms with E-state index in [4.69, 9.17) is 10.2 Å². The topological polar surface area (TPSA) is 76.0 Å². The van der Waals surface area contributed by atoms with Gasteiger partial charge in [-0.2, -0.15) is 0 Å². The van der Waals surface area contributed by atoms with Crippen molar-refractivity contribution in [2.24, 2.45) is 0 Å². The van der Waals surface area contributed by atoms with Crippen LogP contribution in [0.2, 0.25) is 0 Å². The van der Waals surface area contributed by atoms with Crippen LogP contribution < -0.4 is 0 Å². The van der Waals surface area contributed by atoms with E-state index < -0.39 is 18.4 Å². The molecule has 0 rings (SSSR count). The van der Waals surface area contributed by atoms with Crippen molar-refractivity contribution in [2.45, 2.75) is 18.8 Å². The normalized spacial score (nSPS) is 13.5. The minimum Gasteiger partial charge on any atom is -0.481 e. The molecule has 0 aliphatic heterocycles. The predicted molar refractivity (Wildman–Crippen MR) is 36.1 cm³/mol. The number of ether oxygens (including phenoxy) is 2. The van der Waals surface area contributed by atoms with Crippen LogP contribution in [-0.2, 0) is 14.3 Å². The summed E-state index contributed by atoms with van der Waals surface area (Å²) in [6, 6.07) is 0. The maximum absolute atomic E-state index is 10.1. The van der Waals surface area contributed by atoms with Crippen molar-refractivity contribution in [3.05, 3.63) is 0 Å². The summed E-state index contributed by atoms with van der Waals surface area (Å²) in [6.45, 7) is 0. The fourth-order valence-electron chi connectivity index (χ4n) is 0.686. The third-order valence-electron chi connectivity index (χ3n) is 1.16. The molecule has 0 radical (unpaired) electrons. The lowest BCUT2D eigenvalue weighted by atomic mass is 10.2. The fraction of sp³-hybridized carbons (Fsp3) is 0.833. The molecule has 0 aliphatic rings. The number of methoxy groups -OCH3 is 2. The van der Waals surface area contributed by atoms with Crippen molar-refractivity contribution < 1.29 is 24.5 Å². The van der Waals surface area contributed by atoms with Crippen molar-refractivity contribution in [3.63, 3.8) is 0 Å². The Hall–Kier alpha value is -0.650. The number of rotatable bonds is 5. The summed E-state index contributed by atoms with van der Waals surface area (Å²) in [7, 11) is 2.67. The molecule has 0 aromatic rings. The number of hydrogen-bond acceptors (Lipinski definition) is 4. The maximum atomic E-state index is 10.1. The number of hydrogen-bond donors (Lipinski definition) is 2. The minimum atomic E-state index is -1.12. The zero-order valence-corrected chi connectivity index (χ0v) is 6.48. The predicted octanol–water partition coefficient (Wildman–Crippen LogP) is -0.559. The van der Waals surface area contributed by atoms with E-state index in [1.165, 1.54) is 14.2 Å². The van der Waals surface area contributed by atoms with Crippen LogP contribution in [0.15, 0.2) is 0 Å². The van der Waals surface area contributed by atoms with E-state index in [1.807, 2.05) is 0 Å². The molecule has 0 unspecified atom stereocenters. The van der Waals surface area contributed by atoms with E-state index in [-0.39, 0.29) is 6.42 Å². The van der Waals surface area contributed by atoms with E-state index >= 15 is 0 Å².